The first-order valence-corrected chi connectivity index (χ1v) is 5.33. The maximum Gasteiger partial charge on any atom is 0.129 e. The average Bonchev–Trinajstić information content (AvgIpc) is 1.92. The van der Waals surface area contributed by atoms with Gasteiger partial charge in [-0.1, -0.05) is 13.8 Å². The Bertz CT molecular complexity index is 171. The zero-order valence-electron chi connectivity index (χ0n) is 8.97. The van der Waals surface area contributed by atoms with Gasteiger partial charge in [-0.3, -0.25) is 0 Å². The predicted molar refractivity (Wildman–Crippen MR) is 54.7 cm³/mol. The van der Waals surface area contributed by atoms with Crippen LogP contribution < -0.4 is 5.32 Å². The lowest BCUT2D eigenvalue weighted by molar-refractivity contribution is -0.117. The molecule has 0 radical (unpaired) electrons. The summed E-state index contributed by atoms with van der Waals surface area (Å²) < 4.78 is 0. The SMILES string of the molecule is CC(=O)CC[C@H]1C[C@@H](NC(C)C)C1. The van der Waals surface area contributed by atoms with E-state index in [1.54, 1.807) is 6.92 Å². The third kappa shape index (κ3) is 3.90. The standard InChI is InChI=1S/C11H21NO/c1-8(2)12-11-6-10(7-11)5-4-9(3)13/h8,10-12H,4-7H2,1-3H3/t10-,11+. The summed E-state index contributed by atoms with van der Waals surface area (Å²) in [7, 11) is 0. The van der Waals surface area contributed by atoms with E-state index in [9.17, 15) is 4.79 Å². The van der Waals surface area contributed by atoms with E-state index < -0.39 is 0 Å². The van der Waals surface area contributed by atoms with Gasteiger partial charge >= 0.3 is 0 Å². The lowest BCUT2D eigenvalue weighted by atomic mass is 9.77. The van der Waals surface area contributed by atoms with Crippen LogP contribution in [0.5, 0.6) is 0 Å². The fourth-order valence-corrected chi connectivity index (χ4v) is 1.99. The minimum Gasteiger partial charge on any atom is -0.312 e. The van der Waals surface area contributed by atoms with E-state index in [0.29, 0.717) is 11.8 Å². The Hall–Kier alpha value is -0.370. The van der Waals surface area contributed by atoms with Gasteiger partial charge < -0.3 is 10.1 Å². The number of nitrogens with one attached hydrogen (secondary N) is 1. The highest BCUT2D eigenvalue weighted by Gasteiger charge is 2.28. The van der Waals surface area contributed by atoms with Crippen LogP contribution >= 0.6 is 0 Å². The van der Waals surface area contributed by atoms with Crippen LogP contribution in [0.2, 0.25) is 0 Å². The van der Waals surface area contributed by atoms with Crippen LogP contribution in [0.3, 0.4) is 0 Å². The monoisotopic (exact) mass is 183 g/mol. The summed E-state index contributed by atoms with van der Waals surface area (Å²) in [5.74, 6) is 1.14. The summed E-state index contributed by atoms with van der Waals surface area (Å²) in [6.07, 6.45) is 4.42. The molecule has 0 aromatic heterocycles. The molecule has 0 aromatic rings. The fourth-order valence-electron chi connectivity index (χ4n) is 1.99. The first-order valence-electron chi connectivity index (χ1n) is 5.33. The van der Waals surface area contributed by atoms with Crippen LogP contribution in [-0.4, -0.2) is 17.9 Å². The lowest BCUT2D eigenvalue weighted by Crippen LogP contribution is -2.44. The molecule has 0 aromatic carbocycles. The molecule has 0 heterocycles. The summed E-state index contributed by atoms with van der Waals surface area (Å²) in [6, 6.07) is 1.32. The van der Waals surface area contributed by atoms with Crippen LogP contribution in [0.15, 0.2) is 0 Å². The molecule has 76 valence electrons. The molecule has 0 amide bonds. The maximum atomic E-state index is 10.7. The van der Waals surface area contributed by atoms with Crippen LogP contribution in [0.1, 0.15) is 46.5 Å². The zero-order valence-corrected chi connectivity index (χ0v) is 8.97. The van der Waals surface area contributed by atoms with E-state index in [4.69, 9.17) is 0 Å². The number of hydrogen-bond donors (Lipinski definition) is 1. The molecule has 2 heteroatoms. The molecule has 1 rings (SSSR count). The summed E-state index contributed by atoms with van der Waals surface area (Å²) in [4.78, 5) is 10.7. The van der Waals surface area contributed by atoms with E-state index in [1.807, 2.05) is 0 Å². The molecule has 0 atom stereocenters. The maximum absolute atomic E-state index is 10.7. The first kappa shape index (κ1) is 10.7. The summed E-state index contributed by atoms with van der Waals surface area (Å²) in [6.45, 7) is 6.05. The number of carbonyl (C=O) groups is 1. The minimum atomic E-state index is 0.334. The van der Waals surface area contributed by atoms with Gasteiger partial charge in [0.05, 0.1) is 0 Å². The van der Waals surface area contributed by atoms with Gasteiger partial charge in [-0.2, -0.15) is 0 Å². The third-order valence-corrected chi connectivity index (χ3v) is 2.71. The van der Waals surface area contributed by atoms with Crippen molar-refractivity contribution in [2.45, 2.75) is 58.5 Å². The van der Waals surface area contributed by atoms with E-state index >= 15 is 0 Å². The molecule has 1 fully saturated rings. The second-order valence-electron chi connectivity index (χ2n) is 4.60. The van der Waals surface area contributed by atoms with Crippen LogP contribution in [0.4, 0.5) is 0 Å². The van der Waals surface area contributed by atoms with Crippen molar-refractivity contribution in [2.24, 2.45) is 5.92 Å². The number of carbonyl (C=O) groups excluding carboxylic acids is 1. The second kappa shape index (κ2) is 4.75. The van der Waals surface area contributed by atoms with Gasteiger partial charge in [-0.05, 0) is 32.1 Å². The van der Waals surface area contributed by atoms with Gasteiger partial charge in [0.1, 0.15) is 5.78 Å². The second-order valence-corrected chi connectivity index (χ2v) is 4.60. The minimum absolute atomic E-state index is 0.334. The molecule has 0 unspecified atom stereocenters. The Balaban J connectivity index is 2.02. The van der Waals surface area contributed by atoms with Crippen LogP contribution in [0, 0.1) is 5.92 Å². The molecule has 0 saturated heterocycles. The topological polar surface area (TPSA) is 29.1 Å². The van der Waals surface area contributed by atoms with Crippen molar-refractivity contribution >= 4 is 5.78 Å². The van der Waals surface area contributed by atoms with Crippen molar-refractivity contribution in [2.75, 3.05) is 0 Å². The number of rotatable bonds is 5. The van der Waals surface area contributed by atoms with E-state index in [-0.39, 0.29) is 0 Å². The Labute approximate surface area is 81.1 Å². The number of Topliss-reactive ketones (excluding diaryl/α,β-unsaturated/α-hetero) is 1. The highest BCUT2D eigenvalue weighted by Crippen LogP contribution is 2.31. The van der Waals surface area contributed by atoms with Gasteiger partial charge in [0.15, 0.2) is 0 Å². The van der Waals surface area contributed by atoms with Crippen molar-refractivity contribution < 1.29 is 4.79 Å². The molecule has 1 aliphatic carbocycles. The highest BCUT2D eigenvalue weighted by atomic mass is 16.1. The first-order chi connectivity index (χ1) is 6.08. The van der Waals surface area contributed by atoms with Gasteiger partial charge in [-0.25, -0.2) is 0 Å². The molecule has 1 saturated carbocycles. The van der Waals surface area contributed by atoms with E-state index in [0.717, 1.165) is 24.8 Å². The van der Waals surface area contributed by atoms with Crippen LogP contribution in [0.25, 0.3) is 0 Å². The summed E-state index contributed by atoms with van der Waals surface area (Å²) >= 11 is 0. The molecule has 2 nitrogen and oxygen atoms in total. The average molecular weight is 183 g/mol. The molecule has 0 bridgehead atoms. The summed E-state index contributed by atoms with van der Waals surface area (Å²) in [5.41, 5.74) is 0. The van der Waals surface area contributed by atoms with Crippen LogP contribution in [-0.2, 0) is 4.79 Å². The van der Waals surface area contributed by atoms with Crippen molar-refractivity contribution in [1.29, 1.82) is 0 Å². The van der Waals surface area contributed by atoms with Gasteiger partial charge in [0, 0.05) is 18.5 Å². The van der Waals surface area contributed by atoms with E-state index in [1.165, 1.54) is 12.8 Å². The van der Waals surface area contributed by atoms with Crippen molar-refractivity contribution in [3.8, 4) is 0 Å². The molecule has 0 aliphatic heterocycles. The largest absolute Gasteiger partial charge is 0.312 e. The Morgan fingerprint density at radius 3 is 2.54 bits per heavy atom. The molecule has 13 heavy (non-hydrogen) atoms. The van der Waals surface area contributed by atoms with Crippen molar-refractivity contribution in [3.05, 3.63) is 0 Å². The number of hydrogen-bond acceptors (Lipinski definition) is 2. The normalized spacial score (nSPS) is 27.4. The molecule has 1 N–H and O–H groups in total. The molecular weight excluding hydrogens is 162 g/mol. The zero-order chi connectivity index (χ0) is 9.84. The molecule has 0 spiro atoms. The third-order valence-electron chi connectivity index (χ3n) is 2.71. The quantitative estimate of drug-likeness (QED) is 0.707. The van der Waals surface area contributed by atoms with Gasteiger partial charge in [-0.15, -0.1) is 0 Å². The number of ketones is 1. The Morgan fingerprint density at radius 2 is 2.08 bits per heavy atom. The van der Waals surface area contributed by atoms with Gasteiger partial charge in [0.25, 0.3) is 0 Å². The van der Waals surface area contributed by atoms with Gasteiger partial charge in [0.2, 0.25) is 0 Å². The Kier molecular flexibility index (Phi) is 3.91. The van der Waals surface area contributed by atoms with Crippen molar-refractivity contribution in [3.63, 3.8) is 0 Å². The van der Waals surface area contributed by atoms with Crippen molar-refractivity contribution in [1.82, 2.24) is 5.32 Å². The smallest absolute Gasteiger partial charge is 0.129 e. The predicted octanol–water partition coefficient (Wildman–Crippen LogP) is 2.13. The highest BCUT2D eigenvalue weighted by molar-refractivity contribution is 5.75. The molecular formula is C11H21NO. The molecule has 1 aliphatic rings. The summed E-state index contributed by atoms with van der Waals surface area (Å²) in [5, 5.41) is 3.51. The fraction of sp³-hybridized carbons (Fsp3) is 0.909. The lowest BCUT2D eigenvalue weighted by Gasteiger charge is -2.37. The van der Waals surface area contributed by atoms with E-state index in [2.05, 4.69) is 19.2 Å². The Morgan fingerprint density at radius 1 is 1.46 bits per heavy atom.